The summed E-state index contributed by atoms with van der Waals surface area (Å²) >= 11 is 0. The highest BCUT2D eigenvalue weighted by Crippen LogP contribution is 2.20. The summed E-state index contributed by atoms with van der Waals surface area (Å²) in [7, 11) is 0. The number of piperidine rings is 1. The highest BCUT2D eigenvalue weighted by atomic mass is 19.1. The fraction of sp³-hybridized carbons (Fsp3) is 0.444. The van der Waals surface area contributed by atoms with Crippen molar-refractivity contribution in [3.8, 4) is 6.01 Å². The van der Waals surface area contributed by atoms with E-state index < -0.39 is 11.6 Å². The first kappa shape index (κ1) is 17.5. The molecule has 0 bridgehead atoms. The molecule has 1 aromatic carbocycles. The maximum atomic E-state index is 13.7. The van der Waals surface area contributed by atoms with Crippen molar-refractivity contribution < 1.29 is 13.5 Å². The molecule has 1 aliphatic heterocycles. The van der Waals surface area contributed by atoms with Gasteiger partial charge in [-0.25, -0.2) is 13.8 Å². The van der Waals surface area contributed by atoms with Crippen molar-refractivity contribution >= 4 is 5.82 Å². The molecule has 0 radical (unpaired) electrons. The molecular weight excluding hydrogens is 326 g/mol. The monoisotopic (exact) mass is 348 g/mol. The van der Waals surface area contributed by atoms with Crippen LogP contribution in [-0.4, -0.2) is 35.7 Å². The van der Waals surface area contributed by atoms with Gasteiger partial charge in [0.05, 0.1) is 6.61 Å². The molecule has 0 saturated carbocycles. The fourth-order valence-corrected chi connectivity index (χ4v) is 2.97. The number of rotatable bonds is 6. The second kappa shape index (κ2) is 8.20. The van der Waals surface area contributed by atoms with Gasteiger partial charge in [-0.15, -0.1) is 0 Å². The highest BCUT2D eigenvalue weighted by Gasteiger charge is 2.21. The Morgan fingerprint density at radius 3 is 2.60 bits per heavy atom. The van der Waals surface area contributed by atoms with Crippen LogP contribution in [0.1, 0.15) is 25.3 Å². The molecule has 0 unspecified atom stereocenters. The van der Waals surface area contributed by atoms with Crippen molar-refractivity contribution in [2.24, 2.45) is 0 Å². The molecule has 7 heteroatoms. The van der Waals surface area contributed by atoms with E-state index in [0.717, 1.165) is 31.7 Å². The van der Waals surface area contributed by atoms with Gasteiger partial charge in [0, 0.05) is 37.4 Å². The van der Waals surface area contributed by atoms with Crippen molar-refractivity contribution in [2.75, 3.05) is 24.6 Å². The van der Waals surface area contributed by atoms with Crippen LogP contribution in [0.4, 0.5) is 14.6 Å². The summed E-state index contributed by atoms with van der Waals surface area (Å²) in [6.45, 7) is 4.26. The first-order chi connectivity index (χ1) is 12.2. The Hall–Kier alpha value is -2.28. The van der Waals surface area contributed by atoms with Crippen LogP contribution < -0.4 is 15.0 Å². The summed E-state index contributed by atoms with van der Waals surface area (Å²) in [6.07, 6.45) is 3.45. The largest absolute Gasteiger partial charge is 0.464 e. The first-order valence-electron chi connectivity index (χ1n) is 8.54. The van der Waals surface area contributed by atoms with Gasteiger partial charge >= 0.3 is 6.01 Å². The minimum atomic E-state index is -0.505. The van der Waals surface area contributed by atoms with Gasteiger partial charge in [-0.1, -0.05) is 6.07 Å². The Kier molecular flexibility index (Phi) is 5.75. The summed E-state index contributed by atoms with van der Waals surface area (Å²) in [5.74, 6) is -0.166. The maximum Gasteiger partial charge on any atom is 0.318 e. The number of nitrogens with one attached hydrogen (secondary N) is 1. The molecule has 134 valence electrons. The van der Waals surface area contributed by atoms with Crippen LogP contribution in [-0.2, 0) is 6.54 Å². The molecule has 1 N–H and O–H groups in total. The van der Waals surface area contributed by atoms with Crippen LogP contribution in [0.25, 0.3) is 0 Å². The van der Waals surface area contributed by atoms with Crippen molar-refractivity contribution in [2.45, 2.75) is 32.4 Å². The van der Waals surface area contributed by atoms with E-state index in [-0.39, 0.29) is 18.2 Å². The number of aromatic nitrogens is 2. The predicted octanol–water partition coefficient (Wildman–Crippen LogP) is 2.91. The van der Waals surface area contributed by atoms with Crippen LogP contribution in [0.5, 0.6) is 6.01 Å². The average Bonchev–Trinajstić information content (AvgIpc) is 2.62. The van der Waals surface area contributed by atoms with Crippen molar-refractivity contribution in [1.82, 2.24) is 15.3 Å². The molecule has 25 heavy (non-hydrogen) atoms. The van der Waals surface area contributed by atoms with Crippen molar-refractivity contribution in [3.05, 3.63) is 47.7 Å². The van der Waals surface area contributed by atoms with Gasteiger partial charge in [0.25, 0.3) is 0 Å². The summed E-state index contributed by atoms with van der Waals surface area (Å²) in [6, 6.07) is 6.43. The van der Waals surface area contributed by atoms with E-state index in [1.165, 1.54) is 18.2 Å². The van der Waals surface area contributed by atoms with E-state index in [1.54, 1.807) is 6.20 Å². The van der Waals surface area contributed by atoms with E-state index in [4.69, 9.17) is 4.74 Å². The molecule has 2 heterocycles. The first-order valence-corrected chi connectivity index (χ1v) is 8.54. The molecule has 0 amide bonds. The van der Waals surface area contributed by atoms with E-state index >= 15 is 0 Å². The molecule has 0 atom stereocenters. The normalized spacial score (nSPS) is 15.4. The molecule has 1 aliphatic rings. The SMILES string of the molecule is CCOc1nccc(N2CCC(NCc3c(F)cccc3F)CC2)n1. The van der Waals surface area contributed by atoms with E-state index in [1.807, 2.05) is 13.0 Å². The molecule has 1 fully saturated rings. The van der Waals surface area contributed by atoms with Crippen molar-refractivity contribution in [3.63, 3.8) is 0 Å². The van der Waals surface area contributed by atoms with Gasteiger partial charge in [-0.3, -0.25) is 0 Å². The van der Waals surface area contributed by atoms with Gasteiger partial charge in [-0.2, -0.15) is 4.98 Å². The number of nitrogens with zero attached hydrogens (tertiary/aromatic N) is 3. The van der Waals surface area contributed by atoms with Gasteiger partial charge in [0.15, 0.2) is 0 Å². The lowest BCUT2D eigenvalue weighted by Gasteiger charge is -2.33. The third kappa shape index (κ3) is 4.42. The average molecular weight is 348 g/mol. The number of halogens is 2. The zero-order valence-corrected chi connectivity index (χ0v) is 14.2. The van der Waals surface area contributed by atoms with E-state index in [2.05, 4.69) is 20.2 Å². The van der Waals surface area contributed by atoms with Crippen LogP contribution >= 0.6 is 0 Å². The quantitative estimate of drug-likeness (QED) is 0.870. The Morgan fingerprint density at radius 2 is 1.92 bits per heavy atom. The molecule has 0 aliphatic carbocycles. The Balaban J connectivity index is 1.53. The molecule has 1 aromatic heterocycles. The van der Waals surface area contributed by atoms with Crippen molar-refractivity contribution in [1.29, 1.82) is 0 Å². The lowest BCUT2D eigenvalue weighted by atomic mass is 10.0. The predicted molar refractivity (Wildman–Crippen MR) is 91.6 cm³/mol. The second-order valence-electron chi connectivity index (χ2n) is 5.97. The Morgan fingerprint density at radius 1 is 1.20 bits per heavy atom. The topological polar surface area (TPSA) is 50.3 Å². The van der Waals surface area contributed by atoms with E-state index in [9.17, 15) is 8.78 Å². The smallest absolute Gasteiger partial charge is 0.318 e. The lowest BCUT2D eigenvalue weighted by Crippen LogP contribution is -2.42. The second-order valence-corrected chi connectivity index (χ2v) is 5.97. The number of hydrogen-bond acceptors (Lipinski definition) is 5. The van der Waals surface area contributed by atoms with Crippen LogP contribution in [0.15, 0.2) is 30.5 Å². The molecular formula is C18H22F2N4O. The Labute approximate surface area is 146 Å². The molecule has 2 aromatic rings. The van der Waals surface area contributed by atoms with Crippen LogP contribution in [0, 0.1) is 11.6 Å². The molecule has 3 rings (SSSR count). The maximum absolute atomic E-state index is 13.7. The summed E-state index contributed by atoms with van der Waals surface area (Å²) in [5, 5.41) is 3.26. The van der Waals surface area contributed by atoms with Gasteiger partial charge < -0.3 is 15.0 Å². The lowest BCUT2D eigenvalue weighted by molar-refractivity contribution is 0.312. The van der Waals surface area contributed by atoms with Crippen LogP contribution in [0.3, 0.4) is 0 Å². The number of hydrogen-bond donors (Lipinski definition) is 1. The fourth-order valence-electron chi connectivity index (χ4n) is 2.97. The molecule has 5 nitrogen and oxygen atoms in total. The highest BCUT2D eigenvalue weighted by molar-refractivity contribution is 5.38. The zero-order valence-electron chi connectivity index (χ0n) is 14.2. The third-order valence-corrected chi connectivity index (χ3v) is 4.34. The van der Waals surface area contributed by atoms with Gasteiger partial charge in [-0.05, 0) is 38.0 Å². The zero-order chi connectivity index (χ0) is 17.6. The minimum Gasteiger partial charge on any atom is -0.464 e. The number of benzene rings is 1. The number of ether oxygens (including phenoxy) is 1. The Bertz CT molecular complexity index is 685. The van der Waals surface area contributed by atoms with Gasteiger partial charge in [0.2, 0.25) is 0 Å². The minimum absolute atomic E-state index is 0.0992. The molecule has 0 spiro atoms. The van der Waals surface area contributed by atoms with Crippen LogP contribution in [0.2, 0.25) is 0 Å². The standard InChI is InChI=1S/C18H22F2N4O/c1-2-25-18-21-9-6-17(23-18)24-10-7-13(8-11-24)22-12-14-15(19)4-3-5-16(14)20/h3-6,9,13,22H,2,7-8,10-12H2,1H3. The molecule has 1 saturated heterocycles. The third-order valence-electron chi connectivity index (χ3n) is 4.34. The summed E-state index contributed by atoms with van der Waals surface area (Å²) in [4.78, 5) is 10.6. The number of anilines is 1. The van der Waals surface area contributed by atoms with Gasteiger partial charge in [0.1, 0.15) is 17.5 Å². The summed E-state index contributed by atoms with van der Waals surface area (Å²) in [5.41, 5.74) is 0.0992. The summed E-state index contributed by atoms with van der Waals surface area (Å²) < 4.78 is 32.7. The van der Waals surface area contributed by atoms with E-state index in [0.29, 0.717) is 12.6 Å².